The van der Waals surface area contributed by atoms with Crippen LogP contribution in [0, 0.1) is 5.92 Å². The summed E-state index contributed by atoms with van der Waals surface area (Å²) in [5, 5.41) is 6.06. The van der Waals surface area contributed by atoms with Crippen LogP contribution in [-0.2, 0) is 11.3 Å². The van der Waals surface area contributed by atoms with Crippen molar-refractivity contribution in [2.24, 2.45) is 5.92 Å². The minimum Gasteiger partial charge on any atom is -0.343 e. The van der Waals surface area contributed by atoms with Crippen molar-refractivity contribution in [1.29, 1.82) is 0 Å². The van der Waals surface area contributed by atoms with Gasteiger partial charge in [-0.2, -0.15) is 0 Å². The highest BCUT2D eigenvalue weighted by Gasteiger charge is 2.25. The van der Waals surface area contributed by atoms with E-state index in [1.165, 1.54) is 12.0 Å². The highest BCUT2D eigenvalue weighted by Crippen LogP contribution is 2.19. The molecule has 3 amide bonds. The van der Waals surface area contributed by atoms with E-state index in [4.69, 9.17) is 0 Å². The molecule has 1 unspecified atom stereocenters. The van der Waals surface area contributed by atoms with Crippen LogP contribution >= 0.6 is 0 Å². The van der Waals surface area contributed by atoms with Gasteiger partial charge in [0.25, 0.3) is 0 Å². The first-order valence-corrected chi connectivity index (χ1v) is 10.2. The number of hydrogen-bond donors (Lipinski definition) is 2. The molecule has 2 aliphatic rings. The van der Waals surface area contributed by atoms with Gasteiger partial charge >= 0.3 is 6.03 Å². The first kappa shape index (κ1) is 19.7. The predicted molar refractivity (Wildman–Crippen MR) is 106 cm³/mol. The minimum atomic E-state index is -0.0736. The number of benzene rings is 1. The van der Waals surface area contributed by atoms with Gasteiger partial charge in [-0.25, -0.2) is 4.79 Å². The van der Waals surface area contributed by atoms with Crippen LogP contribution in [0.2, 0.25) is 0 Å². The molecule has 2 N–H and O–H groups in total. The standard InChI is InChI=1S/C21H32N4O2/c1-17(26)24-12-9-18(10-13-24)14-22-21(27)23-15-20-8-5-11-25(20)16-19-6-3-2-4-7-19/h2-4,6-7,18,20H,5,8-16H2,1H3,(H2,22,23,27). The smallest absolute Gasteiger partial charge is 0.314 e. The molecule has 2 saturated heterocycles. The average Bonchev–Trinajstić information content (AvgIpc) is 3.13. The topological polar surface area (TPSA) is 64.7 Å². The fourth-order valence-corrected chi connectivity index (χ4v) is 4.11. The van der Waals surface area contributed by atoms with E-state index in [1.54, 1.807) is 6.92 Å². The Bertz CT molecular complexity index is 614. The maximum atomic E-state index is 12.2. The maximum absolute atomic E-state index is 12.2. The van der Waals surface area contributed by atoms with Crippen molar-refractivity contribution in [3.05, 3.63) is 35.9 Å². The summed E-state index contributed by atoms with van der Waals surface area (Å²) in [6.07, 6.45) is 4.26. The SMILES string of the molecule is CC(=O)N1CCC(CNC(=O)NCC2CCCN2Cc2ccccc2)CC1. The van der Waals surface area contributed by atoms with Gasteiger partial charge in [-0.15, -0.1) is 0 Å². The van der Waals surface area contributed by atoms with E-state index in [-0.39, 0.29) is 11.9 Å². The van der Waals surface area contributed by atoms with Gasteiger partial charge in [-0.05, 0) is 43.7 Å². The molecule has 2 heterocycles. The zero-order chi connectivity index (χ0) is 19.1. The normalized spacial score (nSPS) is 21.2. The van der Waals surface area contributed by atoms with Gasteiger partial charge in [0.2, 0.25) is 5.91 Å². The van der Waals surface area contributed by atoms with Crippen molar-refractivity contribution in [1.82, 2.24) is 20.4 Å². The molecule has 27 heavy (non-hydrogen) atoms. The number of hydrogen-bond acceptors (Lipinski definition) is 3. The summed E-state index contributed by atoms with van der Waals surface area (Å²) in [6.45, 7) is 6.66. The summed E-state index contributed by atoms with van der Waals surface area (Å²) < 4.78 is 0. The molecule has 6 nitrogen and oxygen atoms in total. The van der Waals surface area contributed by atoms with Crippen LogP contribution in [-0.4, -0.2) is 60.5 Å². The summed E-state index contributed by atoms with van der Waals surface area (Å²) in [4.78, 5) is 27.9. The third-order valence-electron chi connectivity index (χ3n) is 5.84. The Hall–Kier alpha value is -2.08. The van der Waals surface area contributed by atoms with Crippen LogP contribution in [0.15, 0.2) is 30.3 Å². The Morgan fingerprint density at radius 2 is 1.70 bits per heavy atom. The number of piperidine rings is 1. The van der Waals surface area contributed by atoms with E-state index < -0.39 is 0 Å². The van der Waals surface area contributed by atoms with Crippen LogP contribution < -0.4 is 10.6 Å². The largest absolute Gasteiger partial charge is 0.343 e. The molecule has 148 valence electrons. The van der Waals surface area contributed by atoms with Gasteiger partial charge in [0.05, 0.1) is 0 Å². The monoisotopic (exact) mass is 372 g/mol. The lowest BCUT2D eigenvalue weighted by molar-refractivity contribution is -0.130. The second-order valence-corrected chi connectivity index (χ2v) is 7.79. The zero-order valence-electron chi connectivity index (χ0n) is 16.3. The Labute approximate surface area is 162 Å². The molecule has 0 spiro atoms. The molecule has 0 aliphatic carbocycles. The van der Waals surface area contributed by atoms with Crippen molar-refractivity contribution in [2.45, 2.75) is 45.2 Å². The number of amides is 3. The van der Waals surface area contributed by atoms with E-state index in [0.717, 1.165) is 45.4 Å². The van der Waals surface area contributed by atoms with Crippen LogP contribution in [0.1, 0.15) is 38.2 Å². The lowest BCUT2D eigenvalue weighted by atomic mass is 9.97. The quantitative estimate of drug-likeness (QED) is 0.805. The van der Waals surface area contributed by atoms with Gasteiger partial charge in [0.15, 0.2) is 0 Å². The number of urea groups is 1. The second-order valence-electron chi connectivity index (χ2n) is 7.79. The summed E-state index contributed by atoms with van der Waals surface area (Å²) in [5.74, 6) is 0.614. The Morgan fingerprint density at radius 3 is 2.41 bits per heavy atom. The van der Waals surface area contributed by atoms with E-state index in [0.29, 0.717) is 25.0 Å². The molecule has 1 aromatic rings. The molecule has 0 saturated carbocycles. The van der Waals surface area contributed by atoms with Crippen LogP contribution in [0.4, 0.5) is 4.79 Å². The molecule has 3 rings (SSSR count). The minimum absolute atomic E-state index is 0.0736. The summed E-state index contributed by atoms with van der Waals surface area (Å²) in [6, 6.07) is 10.9. The first-order valence-electron chi connectivity index (χ1n) is 10.2. The summed E-state index contributed by atoms with van der Waals surface area (Å²) in [5.41, 5.74) is 1.32. The molecule has 2 fully saturated rings. The van der Waals surface area contributed by atoms with Gasteiger partial charge in [0.1, 0.15) is 0 Å². The third kappa shape index (κ3) is 5.96. The first-order chi connectivity index (χ1) is 13.1. The number of likely N-dealkylation sites (tertiary alicyclic amines) is 2. The van der Waals surface area contributed by atoms with Crippen molar-refractivity contribution >= 4 is 11.9 Å². The number of nitrogens with zero attached hydrogens (tertiary/aromatic N) is 2. The van der Waals surface area contributed by atoms with Crippen molar-refractivity contribution < 1.29 is 9.59 Å². The van der Waals surface area contributed by atoms with Crippen LogP contribution in [0.25, 0.3) is 0 Å². The summed E-state index contributed by atoms with van der Waals surface area (Å²) >= 11 is 0. The van der Waals surface area contributed by atoms with Crippen molar-refractivity contribution in [3.63, 3.8) is 0 Å². The molecule has 1 aromatic carbocycles. The van der Waals surface area contributed by atoms with E-state index in [9.17, 15) is 9.59 Å². The van der Waals surface area contributed by atoms with Crippen LogP contribution in [0.5, 0.6) is 0 Å². The van der Waals surface area contributed by atoms with Gasteiger partial charge in [0, 0.05) is 45.7 Å². The highest BCUT2D eigenvalue weighted by atomic mass is 16.2. The van der Waals surface area contributed by atoms with E-state index >= 15 is 0 Å². The molecule has 2 aliphatic heterocycles. The lowest BCUT2D eigenvalue weighted by Gasteiger charge is -2.31. The predicted octanol–water partition coefficient (Wildman–Crippen LogP) is 2.21. The molecule has 0 radical (unpaired) electrons. The number of rotatable bonds is 6. The number of carbonyl (C=O) groups is 2. The van der Waals surface area contributed by atoms with Gasteiger partial charge < -0.3 is 15.5 Å². The fourth-order valence-electron chi connectivity index (χ4n) is 4.11. The Morgan fingerprint density at radius 1 is 1.00 bits per heavy atom. The number of carbonyl (C=O) groups excluding carboxylic acids is 2. The van der Waals surface area contributed by atoms with Crippen molar-refractivity contribution in [3.8, 4) is 0 Å². The van der Waals surface area contributed by atoms with E-state index in [1.807, 2.05) is 11.0 Å². The average molecular weight is 373 g/mol. The summed E-state index contributed by atoms with van der Waals surface area (Å²) in [7, 11) is 0. The molecule has 1 atom stereocenters. The molecular weight excluding hydrogens is 340 g/mol. The Kier molecular flexibility index (Phi) is 7.10. The van der Waals surface area contributed by atoms with Gasteiger partial charge in [-0.1, -0.05) is 30.3 Å². The lowest BCUT2D eigenvalue weighted by Crippen LogP contribution is -2.46. The van der Waals surface area contributed by atoms with Gasteiger partial charge in [-0.3, -0.25) is 9.69 Å². The Balaban J connectivity index is 1.34. The van der Waals surface area contributed by atoms with Crippen LogP contribution in [0.3, 0.4) is 0 Å². The van der Waals surface area contributed by atoms with Crippen molar-refractivity contribution in [2.75, 3.05) is 32.7 Å². The van der Waals surface area contributed by atoms with E-state index in [2.05, 4.69) is 39.8 Å². The zero-order valence-corrected chi connectivity index (χ0v) is 16.3. The molecule has 0 bridgehead atoms. The second kappa shape index (κ2) is 9.74. The third-order valence-corrected chi connectivity index (χ3v) is 5.84. The number of nitrogens with one attached hydrogen (secondary N) is 2. The molecular formula is C21H32N4O2. The molecule has 0 aromatic heterocycles. The maximum Gasteiger partial charge on any atom is 0.314 e. The molecule has 6 heteroatoms. The highest BCUT2D eigenvalue weighted by molar-refractivity contribution is 5.74. The fraction of sp³-hybridized carbons (Fsp3) is 0.619.